The van der Waals surface area contributed by atoms with E-state index in [0.29, 0.717) is 36.7 Å². The summed E-state index contributed by atoms with van der Waals surface area (Å²) in [5.41, 5.74) is 8.24. The number of carbonyl (C=O) groups is 2. The molecule has 2 aliphatic heterocycles. The number of benzene rings is 2. The standard InChI is InChI=1S/C27H35N3O4/c28-26(33)21-9-4-8-20(14-21)22-15-23-10-11-24(16-22)30(23)13-5-12-29(27(34)25(32)18-31)17-19-6-2-1-3-7-19/h1-4,6-9,14,22-25,31-32H,5,10-13,15-18H2,(H2,28,33)/t22?,23?,24?,25-/m1/s1. The highest BCUT2D eigenvalue weighted by Crippen LogP contribution is 2.43. The van der Waals surface area contributed by atoms with Crippen LogP contribution in [0, 0.1) is 0 Å². The van der Waals surface area contributed by atoms with E-state index in [9.17, 15) is 19.8 Å². The lowest BCUT2D eigenvalue weighted by atomic mass is 9.84. The average Bonchev–Trinajstić information content (AvgIpc) is 3.09. The molecule has 2 aliphatic rings. The van der Waals surface area contributed by atoms with Crippen molar-refractivity contribution in [3.05, 3.63) is 71.3 Å². The van der Waals surface area contributed by atoms with Gasteiger partial charge in [0, 0.05) is 37.3 Å². The van der Waals surface area contributed by atoms with Crippen LogP contribution in [0.4, 0.5) is 0 Å². The van der Waals surface area contributed by atoms with Crippen LogP contribution in [0.3, 0.4) is 0 Å². The lowest BCUT2D eigenvalue weighted by molar-refractivity contribution is -0.142. The van der Waals surface area contributed by atoms with E-state index >= 15 is 0 Å². The normalized spacial score (nSPS) is 22.9. The van der Waals surface area contributed by atoms with Crippen LogP contribution in [-0.4, -0.2) is 69.7 Å². The van der Waals surface area contributed by atoms with Crippen LogP contribution in [0.2, 0.25) is 0 Å². The Balaban J connectivity index is 1.35. The number of carbonyl (C=O) groups excluding carboxylic acids is 2. The van der Waals surface area contributed by atoms with Crippen molar-refractivity contribution in [2.24, 2.45) is 5.73 Å². The third kappa shape index (κ3) is 5.66. The lowest BCUT2D eigenvalue weighted by Crippen LogP contribution is -2.45. The molecule has 2 amide bonds. The molecule has 2 bridgehead atoms. The van der Waals surface area contributed by atoms with Gasteiger partial charge in [-0.25, -0.2) is 0 Å². The molecule has 0 saturated carbocycles. The molecule has 0 spiro atoms. The van der Waals surface area contributed by atoms with Crippen molar-refractivity contribution in [1.29, 1.82) is 0 Å². The van der Waals surface area contributed by atoms with Crippen LogP contribution in [-0.2, 0) is 11.3 Å². The number of primary amides is 1. The molecule has 2 aromatic carbocycles. The smallest absolute Gasteiger partial charge is 0.254 e. The van der Waals surface area contributed by atoms with Gasteiger partial charge in [-0.05, 0) is 61.3 Å². The topological polar surface area (TPSA) is 107 Å². The second-order valence-corrected chi connectivity index (χ2v) is 9.58. The third-order valence-corrected chi connectivity index (χ3v) is 7.36. The monoisotopic (exact) mass is 465 g/mol. The van der Waals surface area contributed by atoms with Crippen LogP contribution < -0.4 is 5.73 Å². The van der Waals surface area contributed by atoms with Gasteiger partial charge in [-0.15, -0.1) is 0 Å². The van der Waals surface area contributed by atoms with E-state index < -0.39 is 18.6 Å². The minimum Gasteiger partial charge on any atom is -0.393 e. The lowest BCUT2D eigenvalue weighted by Gasteiger charge is -2.39. The van der Waals surface area contributed by atoms with Crippen molar-refractivity contribution in [3.8, 4) is 0 Å². The second-order valence-electron chi connectivity index (χ2n) is 9.58. The van der Waals surface area contributed by atoms with Crippen LogP contribution in [0.15, 0.2) is 54.6 Å². The van der Waals surface area contributed by atoms with Gasteiger partial charge in [0.05, 0.1) is 6.61 Å². The fourth-order valence-electron chi connectivity index (χ4n) is 5.66. The predicted octanol–water partition coefficient (Wildman–Crippen LogP) is 2.27. The first-order valence-corrected chi connectivity index (χ1v) is 12.2. The number of amides is 2. The molecule has 0 aliphatic carbocycles. The average molecular weight is 466 g/mol. The summed E-state index contributed by atoms with van der Waals surface area (Å²) in [5.74, 6) is -0.380. The van der Waals surface area contributed by atoms with E-state index in [1.807, 2.05) is 42.5 Å². The first-order valence-electron chi connectivity index (χ1n) is 12.2. The number of rotatable bonds is 10. The fourth-order valence-corrected chi connectivity index (χ4v) is 5.66. The maximum atomic E-state index is 12.6. The number of nitrogens with zero attached hydrogens (tertiary/aromatic N) is 2. The van der Waals surface area contributed by atoms with Crippen LogP contribution >= 0.6 is 0 Å². The zero-order valence-electron chi connectivity index (χ0n) is 19.6. The van der Waals surface area contributed by atoms with E-state index in [1.165, 1.54) is 18.4 Å². The summed E-state index contributed by atoms with van der Waals surface area (Å²) >= 11 is 0. The third-order valence-electron chi connectivity index (χ3n) is 7.36. The van der Waals surface area contributed by atoms with Gasteiger partial charge in [-0.2, -0.15) is 0 Å². The van der Waals surface area contributed by atoms with Gasteiger partial charge in [-0.1, -0.05) is 42.5 Å². The second kappa shape index (κ2) is 11.1. The SMILES string of the molecule is NC(=O)c1cccc(C2CC3CCC(C2)N3CCCN(Cc2ccccc2)C(=O)[C@H](O)CO)c1. The molecule has 4 rings (SSSR count). The van der Waals surface area contributed by atoms with Crippen molar-refractivity contribution in [2.75, 3.05) is 19.7 Å². The molecule has 4 N–H and O–H groups in total. The molecule has 2 saturated heterocycles. The van der Waals surface area contributed by atoms with E-state index in [-0.39, 0.29) is 5.91 Å². The maximum Gasteiger partial charge on any atom is 0.254 e. The zero-order valence-corrected chi connectivity index (χ0v) is 19.6. The molecule has 34 heavy (non-hydrogen) atoms. The van der Waals surface area contributed by atoms with Gasteiger partial charge in [0.1, 0.15) is 0 Å². The molecule has 2 unspecified atom stereocenters. The number of fused-ring (bicyclic) bond motifs is 2. The van der Waals surface area contributed by atoms with Crippen molar-refractivity contribution in [1.82, 2.24) is 9.80 Å². The van der Waals surface area contributed by atoms with Crippen LogP contribution in [0.1, 0.15) is 59.5 Å². The minimum absolute atomic E-state index is 0.386. The van der Waals surface area contributed by atoms with Crippen molar-refractivity contribution in [2.45, 2.75) is 62.8 Å². The quantitative estimate of drug-likeness (QED) is 0.499. The molecule has 2 heterocycles. The number of piperidine rings is 1. The molecule has 3 atom stereocenters. The van der Waals surface area contributed by atoms with Crippen molar-refractivity contribution in [3.63, 3.8) is 0 Å². The summed E-state index contributed by atoms with van der Waals surface area (Å²) in [6, 6.07) is 18.5. The summed E-state index contributed by atoms with van der Waals surface area (Å²) in [6.07, 6.45) is 3.90. The largest absolute Gasteiger partial charge is 0.393 e. The van der Waals surface area contributed by atoms with Crippen LogP contribution in [0.5, 0.6) is 0 Å². The maximum absolute atomic E-state index is 12.6. The Labute approximate surface area is 201 Å². The Morgan fingerprint density at radius 2 is 1.76 bits per heavy atom. The summed E-state index contributed by atoms with van der Waals surface area (Å²) in [6.45, 7) is 1.28. The van der Waals surface area contributed by atoms with E-state index in [4.69, 9.17) is 5.73 Å². The van der Waals surface area contributed by atoms with Crippen LogP contribution in [0.25, 0.3) is 0 Å². The first kappa shape index (κ1) is 24.4. The predicted molar refractivity (Wildman–Crippen MR) is 130 cm³/mol. The number of aliphatic hydroxyl groups is 2. The summed E-state index contributed by atoms with van der Waals surface area (Å²) < 4.78 is 0. The Morgan fingerprint density at radius 1 is 1.06 bits per heavy atom. The molecule has 0 radical (unpaired) electrons. The summed E-state index contributed by atoms with van der Waals surface area (Å²) in [7, 11) is 0. The molecule has 2 fully saturated rings. The van der Waals surface area contributed by atoms with E-state index in [2.05, 4.69) is 11.0 Å². The molecule has 0 aromatic heterocycles. The number of hydrogen-bond acceptors (Lipinski definition) is 5. The molecule has 2 aromatic rings. The minimum atomic E-state index is -1.38. The highest BCUT2D eigenvalue weighted by Gasteiger charge is 2.40. The number of aliphatic hydroxyl groups excluding tert-OH is 2. The zero-order chi connectivity index (χ0) is 24.1. The first-order chi connectivity index (χ1) is 16.5. The highest BCUT2D eigenvalue weighted by molar-refractivity contribution is 5.92. The van der Waals surface area contributed by atoms with Gasteiger partial charge in [0.25, 0.3) is 5.91 Å². The Morgan fingerprint density at radius 3 is 2.41 bits per heavy atom. The Bertz CT molecular complexity index is 969. The summed E-state index contributed by atoms with van der Waals surface area (Å²) in [5, 5.41) is 19.2. The number of nitrogens with two attached hydrogens (primary N) is 1. The van der Waals surface area contributed by atoms with E-state index in [0.717, 1.165) is 31.4 Å². The van der Waals surface area contributed by atoms with E-state index in [1.54, 1.807) is 11.0 Å². The van der Waals surface area contributed by atoms with Gasteiger partial charge < -0.3 is 20.8 Å². The molecule has 182 valence electrons. The fraction of sp³-hybridized carbons (Fsp3) is 0.481. The van der Waals surface area contributed by atoms with Gasteiger partial charge in [0.15, 0.2) is 6.10 Å². The molecule has 7 nitrogen and oxygen atoms in total. The molecule has 7 heteroatoms. The van der Waals surface area contributed by atoms with Gasteiger partial charge >= 0.3 is 0 Å². The van der Waals surface area contributed by atoms with Gasteiger partial charge in [-0.3, -0.25) is 14.5 Å². The van der Waals surface area contributed by atoms with Gasteiger partial charge in [0.2, 0.25) is 5.91 Å². The summed E-state index contributed by atoms with van der Waals surface area (Å²) in [4.78, 5) is 28.5. The highest BCUT2D eigenvalue weighted by atomic mass is 16.3. The molecular weight excluding hydrogens is 430 g/mol. The van der Waals surface area contributed by atoms with Crippen molar-refractivity contribution >= 4 is 11.8 Å². The van der Waals surface area contributed by atoms with Crippen molar-refractivity contribution < 1.29 is 19.8 Å². The Hall–Kier alpha value is -2.74. The number of hydrogen-bond donors (Lipinski definition) is 3. The molecular formula is C27H35N3O4. The Kier molecular flexibility index (Phi) is 7.98.